The SMILES string of the molecule is CN1CCc2ccccc2Cc2ccc(OC(=O)c3ccccc3)cc2CC1. The average molecular weight is 371 g/mol. The summed E-state index contributed by atoms with van der Waals surface area (Å²) in [4.78, 5) is 14.8. The van der Waals surface area contributed by atoms with Crippen LogP contribution in [0.3, 0.4) is 0 Å². The average Bonchev–Trinajstić information content (AvgIpc) is 2.73. The van der Waals surface area contributed by atoms with Gasteiger partial charge < -0.3 is 9.64 Å². The van der Waals surface area contributed by atoms with E-state index in [0.29, 0.717) is 11.3 Å². The second-order valence-electron chi connectivity index (χ2n) is 7.43. The molecule has 0 fully saturated rings. The highest BCUT2D eigenvalue weighted by Crippen LogP contribution is 2.25. The summed E-state index contributed by atoms with van der Waals surface area (Å²) in [6.45, 7) is 2.04. The molecule has 1 aliphatic heterocycles. The molecule has 4 rings (SSSR count). The Hall–Kier alpha value is -2.91. The van der Waals surface area contributed by atoms with Crippen LogP contribution in [0.15, 0.2) is 72.8 Å². The van der Waals surface area contributed by atoms with Crippen molar-refractivity contribution in [1.29, 1.82) is 0 Å². The first-order chi connectivity index (χ1) is 13.7. The van der Waals surface area contributed by atoms with Gasteiger partial charge in [-0.25, -0.2) is 4.79 Å². The molecule has 0 bridgehead atoms. The predicted molar refractivity (Wildman–Crippen MR) is 112 cm³/mol. The van der Waals surface area contributed by atoms with Crippen LogP contribution in [0, 0.1) is 0 Å². The predicted octanol–water partition coefficient (Wildman–Crippen LogP) is 4.53. The van der Waals surface area contributed by atoms with Gasteiger partial charge in [0.15, 0.2) is 0 Å². The summed E-state index contributed by atoms with van der Waals surface area (Å²) in [5, 5.41) is 0. The Balaban J connectivity index is 1.62. The molecular weight excluding hydrogens is 346 g/mol. The fourth-order valence-corrected chi connectivity index (χ4v) is 3.72. The zero-order chi connectivity index (χ0) is 19.3. The van der Waals surface area contributed by atoms with Gasteiger partial charge >= 0.3 is 5.97 Å². The van der Waals surface area contributed by atoms with Crippen molar-refractivity contribution in [2.24, 2.45) is 0 Å². The Labute approximate surface area is 166 Å². The van der Waals surface area contributed by atoms with E-state index >= 15 is 0 Å². The number of carbonyl (C=O) groups excluding carboxylic acids is 1. The molecule has 0 N–H and O–H groups in total. The van der Waals surface area contributed by atoms with E-state index in [1.165, 1.54) is 22.3 Å². The molecule has 1 aliphatic rings. The van der Waals surface area contributed by atoms with Crippen molar-refractivity contribution in [1.82, 2.24) is 4.90 Å². The lowest BCUT2D eigenvalue weighted by Crippen LogP contribution is -2.25. The maximum atomic E-state index is 12.4. The number of fused-ring (bicyclic) bond motifs is 2. The first-order valence-corrected chi connectivity index (χ1v) is 9.83. The number of hydrogen-bond donors (Lipinski definition) is 0. The van der Waals surface area contributed by atoms with Gasteiger partial charge in [-0.15, -0.1) is 0 Å². The van der Waals surface area contributed by atoms with Gasteiger partial charge in [0.1, 0.15) is 5.75 Å². The van der Waals surface area contributed by atoms with E-state index in [9.17, 15) is 4.79 Å². The van der Waals surface area contributed by atoms with Gasteiger partial charge in [-0.2, -0.15) is 0 Å². The smallest absolute Gasteiger partial charge is 0.343 e. The monoisotopic (exact) mass is 371 g/mol. The van der Waals surface area contributed by atoms with Crippen LogP contribution >= 0.6 is 0 Å². The van der Waals surface area contributed by atoms with Gasteiger partial charge in [0, 0.05) is 13.1 Å². The van der Waals surface area contributed by atoms with Gasteiger partial charge in [0.25, 0.3) is 0 Å². The zero-order valence-corrected chi connectivity index (χ0v) is 16.2. The van der Waals surface area contributed by atoms with E-state index in [2.05, 4.69) is 42.3 Å². The van der Waals surface area contributed by atoms with Gasteiger partial charge in [-0.3, -0.25) is 0 Å². The number of benzene rings is 3. The maximum absolute atomic E-state index is 12.4. The van der Waals surface area contributed by atoms with Crippen LogP contribution < -0.4 is 4.74 Å². The van der Waals surface area contributed by atoms with Crippen molar-refractivity contribution < 1.29 is 9.53 Å². The van der Waals surface area contributed by atoms with Crippen LogP contribution in [0.25, 0.3) is 0 Å². The maximum Gasteiger partial charge on any atom is 0.343 e. The number of likely N-dealkylation sites (N-methyl/N-ethyl adjacent to an activating group) is 1. The normalized spacial score (nSPS) is 14.6. The molecule has 0 spiro atoms. The first kappa shape index (κ1) is 18.5. The van der Waals surface area contributed by atoms with E-state index in [4.69, 9.17) is 4.74 Å². The molecule has 3 aromatic carbocycles. The highest BCUT2D eigenvalue weighted by Gasteiger charge is 2.14. The Morgan fingerprint density at radius 2 is 1.43 bits per heavy atom. The van der Waals surface area contributed by atoms with E-state index in [0.717, 1.165) is 32.4 Å². The van der Waals surface area contributed by atoms with Crippen LogP contribution in [0.4, 0.5) is 0 Å². The molecule has 0 saturated heterocycles. The second-order valence-corrected chi connectivity index (χ2v) is 7.43. The number of carbonyl (C=O) groups is 1. The standard InChI is InChI=1S/C25H25NO2/c1-26-15-13-19-7-5-6-10-21(19)17-22-11-12-24(18-23(22)14-16-26)28-25(27)20-8-3-2-4-9-20/h2-12,18H,13-17H2,1H3. The molecule has 28 heavy (non-hydrogen) atoms. The summed E-state index contributed by atoms with van der Waals surface area (Å²) in [5.41, 5.74) is 5.93. The van der Waals surface area contributed by atoms with E-state index in [1.54, 1.807) is 12.1 Å². The minimum atomic E-state index is -0.317. The van der Waals surface area contributed by atoms with Crippen LogP contribution in [0.5, 0.6) is 5.75 Å². The fraction of sp³-hybridized carbons (Fsp3) is 0.240. The molecule has 0 radical (unpaired) electrons. The van der Waals surface area contributed by atoms with Crippen molar-refractivity contribution in [2.75, 3.05) is 20.1 Å². The van der Waals surface area contributed by atoms with Crippen LogP contribution in [-0.4, -0.2) is 31.0 Å². The summed E-state index contributed by atoms with van der Waals surface area (Å²) in [5.74, 6) is 0.295. The summed E-state index contributed by atoms with van der Waals surface area (Å²) < 4.78 is 5.64. The van der Waals surface area contributed by atoms with E-state index in [1.807, 2.05) is 30.3 Å². The van der Waals surface area contributed by atoms with E-state index in [-0.39, 0.29) is 5.97 Å². The third-order valence-corrected chi connectivity index (χ3v) is 5.42. The molecule has 0 saturated carbocycles. The molecule has 0 amide bonds. The Kier molecular flexibility index (Phi) is 5.54. The zero-order valence-electron chi connectivity index (χ0n) is 16.2. The Bertz CT molecular complexity index is 965. The summed E-state index contributed by atoms with van der Waals surface area (Å²) in [6, 6.07) is 23.9. The molecule has 0 aliphatic carbocycles. The van der Waals surface area contributed by atoms with Crippen LogP contribution in [-0.2, 0) is 19.3 Å². The minimum absolute atomic E-state index is 0.317. The molecule has 0 unspecified atom stereocenters. The molecule has 0 atom stereocenters. The summed E-state index contributed by atoms with van der Waals surface area (Å²) in [6.07, 6.45) is 2.95. The number of rotatable bonds is 2. The highest BCUT2D eigenvalue weighted by atomic mass is 16.5. The molecule has 3 aromatic rings. The summed E-state index contributed by atoms with van der Waals surface area (Å²) in [7, 11) is 2.17. The van der Waals surface area contributed by atoms with Crippen LogP contribution in [0.1, 0.15) is 32.6 Å². The number of hydrogen-bond acceptors (Lipinski definition) is 3. The van der Waals surface area contributed by atoms with Gasteiger partial charge in [0.2, 0.25) is 0 Å². The van der Waals surface area contributed by atoms with Gasteiger partial charge in [-0.05, 0) is 72.8 Å². The third-order valence-electron chi connectivity index (χ3n) is 5.42. The lowest BCUT2D eigenvalue weighted by molar-refractivity contribution is 0.0734. The molecule has 142 valence electrons. The molecule has 3 heteroatoms. The van der Waals surface area contributed by atoms with E-state index < -0.39 is 0 Å². The highest BCUT2D eigenvalue weighted by molar-refractivity contribution is 5.91. The largest absolute Gasteiger partial charge is 0.423 e. The van der Waals surface area contributed by atoms with Crippen molar-refractivity contribution in [2.45, 2.75) is 19.3 Å². The molecule has 0 aromatic heterocycles. The molecule has 1 heterocycles. The van der Waals surface area contributed by atoms with Crippen LogP contribution in [0.2, 0.25) is 0 Å². The molecular formula is C25H25NO2. The van der Waals surface area contributed by atoms with Crippen molar-refractivity contribution >= 4 is 5.97 Å². The topological polar surface area (TPSA) is 29.5 Å². The number of esters is 1. The van der Waals surface area contributed by atoms with Gasteiger partial charge in [-0.1, -0.05) is 48.5 Å². The lowest BCUT2D eigenvalue weighted by atomic mass is 9.93. The molecule has 3 nitrogen and oxygen atoms in total. The van der Waals surface area contributed by atoms with Crippen molar-refractivity contribution in [3.63, 3.8) is 0 Å². The number of ether oxygens (including phenoxy) is 1. The van der Waals surface area contributed by atoms with Crippen molar-refractivity contribution in [3.8, 4) is 5.75 Å². The Morgan fingerprint density at radius 1 is 0.786 bits per heavy atom. The van der Waals surface area contributed by atoms with Crippen molar-refractivity contribution in [3.05, 3.63) is 101 Å². The number of nitrogens with zero attached hydrogens (tertiary/aromatic N) is 1. The third kappa shape index (κ3) is 4.32. The van der Waals surface area contributed by atoms with Gasteiger partial charge in [0.05, 0.1) is 5.56 Å². The summed E-state index contributed by atoms with van der Waals surface area (Å²) >= 11 is 0. The lowest BCUT2D eigenvalue weighted by Gasteiger charge is -2.22. The second kappa shape index (κ2) is 8.41. The fourth-order valence-electron chi connectivity index (χ4n) is 3.72. The quantitative estimate of drug-likeness (QED) is 0.490. The minimum Gasteiger partial charge on any atom is -0.423 e. The first-order valence-electron chi connectivity index (χ1n) is 9.83. The Morgan fingerprint density at radius 3 is 2.21 bits per heavy atom.